The Hall–Kier alpha value is -2.17. The zero-order valence-electron chi connectivity index (χ0n) is 17.3. The van der Waals surface area contributed by atoms with E-state index in [0.717, 1.165) is 17.5 Å². The maximum absolute atomic E-state index is 12.3. The molecule has 1 heterocycles. The van der Waals surface area contributed by atoms with Gasteiger partial charge in [0.1, 0.15) is 5.60 Å². The molecule has 1 saturated heterocycles. The molecule has 1 aliphatic rings. The van der Waals surface area contributed by atoms with Crippen molar-refractivity contribution in [2.75, 3.05) is 13.2 Å². The van der Waals surface area contributed by atoms with Crippen LogP contribution in [0.25, 0.3) is 0 Å². The van der Waals surface area contributed by atoms with Gasteiger partial charge in [0.25, 0.3) is 0 Å². The minimum Gasteiger partial charge on any atom is -0.466 e. The first-order valence-corrected chi connectivity index (χ1v) is 10.1. The largest absolute Gasteiger partial charge is 0.466 e. The summed E-state index contributed by atoms with van der Waals surface area (Å²) in [6.07, 6.45) is 1.45. The van der Waals surface area contributed by atoms with Gasteiger partial charge in [0.15, 0.2) is 5.79 Å². The highest BCUT2D eigenvalue weighted by Gasteiger charge is 2.53. The molecule has 0 bridgehead atoms. The smallest absolute Gasteiger partial charge is 0.311 e. The number of esters is 1. The number of carbonyl (C=O) groups is 1. The zero-order chi connectivity index (χ0) is 20.2. The Morgan fingerprint density at radius 3 is 1.89 bits per heavy atom. The monoisotopic (exact) mass is 382 g/mol. The molecule has 2 aromatic carbocycles. The molecule has 1 aliphatic heterocycles. The van der Waals surface area contributed by atoms with Gasteiger partial charge in [-0.05, 0) is 45.2 Å². The molecule has 1 fully saturated rings. The quantitative estimate of drug-likeness (QED) is 0.629. The normalized spacial score (nSPS) is 20.9. The maximum atomic E-state index is 12.3. The Bertz CT molecular complexity index is 749. The van der Waals surface area contributed by atoms with Crippen LogP contribution < -0.4 is 0 Å². The van der Waals surface area contributed by atoms with E-state index in [2.05, 4.69) is 62.4 Å². The lowest BCUT2D eigenvalue weighted by molar-refractivity contribution is -0.249. The predicted molar refractivity (Wildman–Crippen MR) is 109 cm³/mol. The molecule has 0 saturated carbocycles. The highest BCUT2D eigenvalue weighted by molar-refractivity contribution is 5.70. The number of hydrogen-bond acceptors (Lipinski definition) is 4. The Morgan fingerprint density at radius 2 is 1.43 bits per heavy atom. The summed E-state index contributed by atoms with van der Waals surface area (Å²) in [4.78, 5) is 12.3. The molecule has 0 spiro atoms. The van der Waals surface area contributed by atoms with Crippen molar-refractivity contribution in [3.05, 3.63) is 70.8 Å². The number of benzene rings is 2. The van der Waals surface area contributed by atoms with Gasteiger partial charge >= 0.3 is 5.97 Å². The van der Waals surface area contributed by atoms with Crippen molar-refractivity contribution < 1.29 is 19.0 Å². The molecule has 3 rings (SSSR count). The second-order valence-electron chi connectivity index (χ2n) is 7.49. The molecule has 1 unspecified atom stereocenters. The first-order valence-electron chi connectivity index (χ1n) is 10.1. The lowest BCUT2D eigenvalue weighted by atomic mass is 9.83. The number of aryl methyl sites for hydroxylation is 2. The van der Waals surface area contributed by atoms with E-state index >= 15 is 0 Å². The number of rotatable bonds is 7. The van der Waals surface area contributed by atoms with E-state index in [9.17, 15) is 4.79 Å². The molecular formula is C24H30O4. The van der Waals surface area contributed by atoms with Gasteiger partial charge in [-0.25, -0.2) is 0 Å². The molecule has 0 radical (unpaired) electrons. The Balaban J connectivity index is 2.03. The van der Waals surface area contributed by atoms with Crippen LogP contribution in [0.5, 0.6) is 0 Å². The van der Waals surface area contributed by atoms with E-state index in [0.29, 0.717) is 19.6 Å². The predicted octanol–water partition coefficient (Wildman–Crippen LogP) is 5.04. The van der Waals surface area contributed by atoms with Gasteiger partial charge in [0.05, 0.1) is 13.0 Å². The van der Waals surface area contributed by atoms with E-state index in [1.807, 2.05) is 13.8 Å². The van der Waals surface area contributed by atoms with Crippen LogP contribution in [0.3, 0.4) is 0 Å². The van der Waals surface area contributed by atoms with E-state index in [4.69, 9.17) is 14.2 Å². The molecule has 4 nitrogen and oxygen atoms in total. The van der Waals surface area contributed by atoms with Crippen molar-refractivity contribution in [1.29, 1.82) is 0 Å². The van der Waals surface area contributed by atoms with Crippen molar-refractivity contribution in [2.24, 2.45) is 0 Å². The first-order chi connectivity index (χ1) is 13.4. The van der Waals surface area contributed by atoms with Crippen LogP contribution >= 0.6 is 0 Å². The van der Waals surface area contributed by atoms with Gasteiger partial charge in [0.2, 0.25) is 0 Å². The summed E-state index contributed by atoms with van der Waals surface area (Å²) in [5, 5.41) is 0. The fourth-order valence-electron chi connectivity index (χ4n) is 3.98. The Kier molecular flexibility index (Phi) is 6.21. The van der Waals surface area contributed by atoms with Gasteiger partial charge in [0, 0.05) is 13.0 Å². The number of hydrogen-bond donors (Lipinski definition) is 0. The maximum Gasteiger partial charge on any atom is 0.311 e. The Labute approximate surface area is 167 Å². The summed E-state index contributed by atoms with van der Waals surface area (Å²) < 4.78 is 17.9. The highest BCUT2D eigenvalue weighted by atomic mass is 16.7. The molecule has 0 N–H and O–H groups in total. The second-order valence-corrected chi connectivity index (χ2v) is 7.49. The van der Waals surface area contributed by atoms with Crippen LogP contribution in [0.15, 0.2) is 48.5 Å². The zero-order valence-corrected chi connectivity index (χ0v) is 17.3. The Morgan fingerprint density at radius 1 is 0.893 bits per heavy atom. The van der Waals surface area contributed by atoms with E-state index in [1.165, 1.54) is 11.1 Å². The third-order valence-corrected chi connectivity index (χ3v) is 5.38. The summed E-state index contributed by atoms with van der Waals surface area (Å²) >= 11 is 0. The average Bonchev–Trinajstić information content (AvgIpc) is 3.03. The van der Waals surface area contributed by atoms with Gasteiger partial charge in [-0.15, -0.1) is 0 Å². The lowest BCUT2D eigenvalue weighted by Crippen LogP contribution is -2.39. The van der Waals surface area contributed by atoms with Crippen LogP contribution in [0.4, 0.5) is 0 Å². The minimum absolute atomic E-state index is 0.0914. The van der Waals surface area contributed by atoms with Crippen LogP contribution in [0.1, 0.15) is 55.4 Å². The molecule has 0 aromatic heterocycles. The van der Waals surface area contributed by atoms with Gasteiger partial charge in [-0.2, -0.15) is 0 Å². The molecule has 150 valence electrons. The second kappa shape index (κ2) is 8.46. The summed E-state index contributed by atoms with van der Waals surface area (Å²) in [5.41, 5.74) is 3.90. The molecule has 28 heavy (non-hydrogen) atoms. The number of carbonyl (C=O) groups excluding carboxylic acids is 1. The summed E-state index contributed by atoms with van der Waals surface area (Å²) in [7, 11) is 0. The van der Waals surface area contributed by atoms with E-state index in [1.54, 1.807) is 0 Å². The fourth-order valence-corrected chi connectivity index (χ4v) is 3.98. The topological polar surface area (TPSA) is 44.8 Å². The van der Waals surface area contributed by atoms with Crippen molar-refractivity contribution in [1.82, 2.24) is 0 Å². The summed E-state index contributed by atoms with van der Waals surface area (Å²) in [5.74, 6) is -1.27. The lowest BCUT2D eigenvalue weighted by Gasteiger charge is -2.35. The SMILES string of the molecule is CCOC(=O)CC1(OCC)CCC(c2ccc(C)cc2)(c2ccc(C)cc2)O1. The van der Waals surface area contributed by atoms with Gasteiger partial charge < -0.3 is 14.2 Å². The van der Waals surface area contributed by atoms with Crippen molar-refractivity contribution >= 4 is 5.97 Å². The molecule has 1 atom stereocenters. The average molecular weight is 383 g/mol. The van der Waals surface area contributed by atoms with Crippen LogP contribution in [0.2, 0.25) is 0 Å². The van der Waals surface area contributed by atoms with Gasteiger partial charge in [-0.1, -0.05) is 59.7 Å². The first kappa shape index (κ1) is 20.6. The molecule has 0 amide bonds. The summed E-state index contributed by atoms with van der Waals surface area (Å²) in [6.45, 7) is 8.70. The van der Waals surface area contributed by atoms with Crippen LogP contribution in [-0.4, -0.2) is 25.0 Å². The minimum atomic E-state index is -0.975. The standard InChI is InChI=1S/C24H30O4/c1-5-26-22(25)17-23(27-6-2)15-16-24(28-23,20-11-7-18(3)8-12-20)21-13-9-19(4)10-14-21/h7-14H,5-6,15-17H2,1-4H3. The molecule has 4 heteroatoms. The van der Waals surface area contributed by atoms with Crippen LogP contribution in [0, 0.1) is 13.8 Å². The summed E-state index contributed by atoms with van der Waals surface area (Å²) in [6, 6.07) is 16.8. The fraction of sp³-hybridized carbons (Fsp3) is 0.458. The van der Waals surface area contributed by atoms with E-state index in [-0.39, 0.29) is 12.4 Å². The van der Waals surface area contributed by atoms with E-state index < -0.39 is 11.4 Å². The van der Waals surface area contributed by atoms with Crippen LogP contribution in [-0.2, 0) is 24.6 Å². The highest BCUT2D eigenvalue weighted by Crippen LogP contribution is 2.50. The van der Waals surface area contributed by atoms with Crippen molar-refractivity contribution in [3.63, 3.8) is 0 Å². The van der Waals surface area contributed by atoms with Gasteiger partial charge in [-0.3, -0.25) is 4.79 Å². The third-order valence-electron chi connectivity index (χ3n) is 5.38. The molecule has 2 aromatic rings. The van der Waals surface area contributed by atoms with Crippen molar-refractivity contribution in [3.8, 4) is 0 Å². The third kappa shape index (κ3) is 4.13. The number of ether oxygens (including phenoxy) is 3. The van der Waals surface area contributed by atoms with Crippen molar-refractivity contribution in [2.45, 2.75) is 58.3 Å². The molecular weight excluding hydrogens is 352 g/mol. The molecule has 0 aliphatic carbocycles.